The van der Waals surface area contributed by atoms with Crippen LogP contribution in [0.25, 0.3) is 10.8 Å². The minimum absolute atomic E-state index is 0.109. The molecule has 0 aliphatic carbocycles. The molecule has 0 aliphatic heterocycles. The number of rotatable bonds is 8. The molecule has 202 valence electrons. The fraction of sp³-hybridized carbons (Fsp3) is 0.367. The molecule has 3 aromatic rings. The zero-order valence-electron chi connectivity index (χ0n) is 22.9. The largest absolute Gasteiger partial charge is 0.444 e. The highest BCUT2D eigenvalue weighted by atomic mass is 16.6. The Morgan fingerprint density at radius 1 is 0.947 bits per heavy atom. The minimum atomic E-state index is -1.05. The summed E-state index contributed by atoms with van der Waals surface area (Å²) in [6, 6.07) is 16.9. The van der Waals surface area contributed by atoms with Crippen molar-refractivity contribution in [1.82, 2.24) is 10.2 Å². The third kappa shape index (κ3) is 7.32. The summed E-state index contributed by atoms with van der Waals surface area (Å²) in [4.78, 5) is 41.0. The maximum Gasteiger partial charge on any atom is 0.408 e. The lowest BCUT2D eigenvalue weighted by molar-refractivity contribution is -0.141. The van der Waals surface area contributed by atoms with E-state index in [9.17, 15) is 19.5 Å². The minimum Gasteiger partial charge on any atom is -0.444 e. The maximum atomic E-state index is 13.8. The fourth-order valence-electron chi connectivity index (χ4n) is 4.15. The van der Waals surface area contributed by atoms with Crippen molar-refractivity contribution in [2.24, 2.45) is 0 Å². The second-order valence-electron chi connectivity index (χ2n) is 10.4. The zero-order chi connectivity index (χ0) is 28.0. The van der Waals surface area contributed by atoms with E-state index in [2.05, 4.69) is 10.6 Å². The molecule has 38 heavy (non-hydrogen) atoms. The number of alkyl carbamates (subject to hydrolysis) is 1. The molecule has 0 spiro atoms. The molecule has 2 atom stereocenters. The van der Waals surface area contributed by atoms with Crippen LogP contribution in [-0.4, -0.2) is 52.7 Å². The Labute approximate surface area is 224 Å². The fourth-order valence-corrected chi connectivity index (χ4v) is 4.15. The summed E-state index contributed by atoms with van der Waals surface area (Å²) in [5, 5.41) is 17.3. The molecule has 3 N–H and O–H groups in total. The van der Waals surface area contributed by atoms with Crippen molar-refractivity contribution >= 4 is 34.4 Å². The monoisotopic (exact) mass is 519 g/mol. The van der Waals surface area contributed by atoms with Gasteiger partial charge in [-0.05, 0) is 81.1 Å². The molecule has 0 saturated carbocycles. The SMILES string of the molecule is Cc1ccc(C(C(=O)Nc2ccc3ccccc3c2)N(CCO)C(=O)C(C)NC(=O)OC(C)(C)C)cc1C. The van der Waals surface area contributed by atoms with Crippen LogP contribution in [0.3, 0.4) is 0 Å². The van der Waals surface area contributed by atoms with Crippen molar-refractivity contribution in [2.75, 3.05) is 18.5 Å². The summed E-state index contributed by atoms with van der Waals surface area (Å²) in [5.41, 5.74) is 2.44. The molecule has 2 unspecified atom stereocenters. The Bertz CT molecular complexity index is 1310. The van der Waals surface area contributed by atoms with E-state index in [1.165, 1.54) is 11.8 Å². The van der Waals surface area contributed by atoms with E-state index in [0.717, 1.165) is 21.9 Å². The number of aryl methyl sites for hydroxylation is 2. The van der Waals surface area contributed by atoms with Gasteiger partial charge in [-0.1, -0.05) is 48.5 Å². The van der Waals surface area contributed by atoms with Gasteiger partial charge in [-0.3, -0.25) is 9.59 Å². The number of amides is 3. The first kappa shape index (κ1) is 28.7. The number of aliphatic hydroxyl groups excluding tert-OH is 1. The first-order chi connectivity index (χ1) is 17.9. The van der Waals surface area contributed by atoms with E-state index < -0.39 is 35.6 Å². The summed E-state index contributed by atoms with van der Waals surface area (Å²) < 4.78 is 5.28. The van der Waals surface area contributed by atoms with E-state index in [1.807, 2.05) is 68.4 Å². The van der Waals surface area contributed by atoms with Crippen molar-refractivity contribution in [2.45, 2.75) is 59.2 Å². The Kier molecular flexibility index (Phi) is 9.12. The van der Waals surface area contributed by atoms with Crippen LogP contribution in [0.5, 0.6) is 0 Å². The maximum absolute atomic E-state index is 13.8. The Hall–Kier alpha value is -3.91. The number of benzene rings is 3. The molecule has 3 amide bonds. The number of fused-ring (bicyclic) bond motifs is 1. The highest BCUT2D eigenvalue weighted by Gasteiger charge is 2.34. The molecule has 0 aromatic heterocycles. The van der Waals surface area contributed by atoms with Crippen molar-refractivity contribution < 1.29 is 24.2 Å². The smallest absolute Gasteiger partial charge is 0.408 e. The van der Waals surface area contributed by atoms with Gasteiger partial charge in [-0.25, -0.2) is 4.79 Å². The molecule has 3 aromatic carbocycles. The molecule has 0 radical (unpaired) electrons. The number of carbonyl (C=O) groups is 3. The topological polar surface area (TPSA) is 108 Å². The number of anilines is 1. The predicted molar refractivity (Wildman–Crippen MR) is 149 cm³/mol. The number of nitrogens with one attached hydrogen (secondary N) is 2. The van der Waals surface area contributed by atoms with E-state index >= 15 is 0 Å². The second-order valence-corrected chi connectivity index (χ2v) is 10.4. The summed E-state index contributed by atoms with van der Waals surface area (Å²) in [6.07, 6.45) is -0.745. The summed E-state index contributed by atoms with van der Waals surface area (Å²) in [5.74, 6) is -0.961. The number of carbonyl (C=O) groups excluding carboxylic acids is 3. The van der Waals surface area contributed by atoms with Gasteiger partial charge in [0, 0.05) is 12.2 Å². The van der Waals surface area contributed by atoms with Crippen molar-refractivity contribution in [3.8, 4) is 0 Å². The first-order valence-electron chi connectivity index (χ1n) is 12.7. The average molecular weight is 520 g/mol. The molecular weight excluding hydrogens is 482 g/mol. The average Bonchev–Trinajstić information content (AvgIpc) is 2.84. The lowest BCUT2D eigenvalue weighted by Crippen LogP contribution is -2.52. The van der Waals surface area contributed by atoms with Crippen LogP contribution in [0.2, 0.25) is 0 Å². The normalized spacial score (nSPS) is 12.9. The number of nitrogens with zero attached hydrogens (tertiary/aromatic N) is 1. The van der Waals surface area contributed by atoms with Crippen LogP contribution in [0.4, 0.5) is 10.5 Å². The molecule has 0 fully saturated rings. The number of hydrogen-bond acceptors (Lipinski definition) is 5. The van der Waals surface area contributed by atoms with Gasteiger partial charge < -0.3 is 25.4 Å². The molecule has 8 nitrogen and oxygen atoms in total. The van der Waals surface area contributed by atoms with Crippen molar-refractivity contribution in [3.63, 3.8) is 0 Å². The van der Waals surface area contributed by atoms with Crippen LogP contribution >= 0.6 is 0 Å². The second kappa shape index (κ2) is 12.1. The van der Waals surface area contributed by atoms with Gasteiger partial charge in [-0.2, -0.15) is 0 Å². The van der Waals surface area contributed by atoms with Gasteiger partial charge in [0.25, 0.3) is 5.91 Å². The summed E-state index contributed by atoms with van der Waals surface area (Å²) in [7, 11) is 0. The van der Waals surface area contributed by atoms with E-state index in [0.29, 0.717) is 11.3 Å². The highest BCUT2D eigenvalue weighted by Crippen LogP contribution is 2.27. The third-order valence-corrected chi connectivity index (χ3v) is 6.15. The molecule has 0 bridgehead atoms. The van der Waals surface area contributed by atoms with Gasteiger partial charge in [0.2, 0.25) is 5.91 Å². The van der Waals surface area contributed by atoms with Crippen molar-refractivity contribution in [3.05, 3.63) is 77.4 Å². The van der Waals surface area contributed by atoms with Crippen LogP contribution in [0.1, 0.15) is 50.4 Å². The van der Waals surface area contributed by atoms with Gasteiger partial charge in [0.1, 0.15) is 17.7 Å². The molecule has 0 saturated heterocycles. The number of ether oxygens (including phenoxy) is 1. The molecule has 3 rings (SSSR count). The first-order valence-corrected chi connectivity index (χ1v) is 12.7. The third-order valence-electron chi connectivity index (χ3n) is 6.15. The Balaban J connectivity index is 1.96. The van der Waals surface area contributed by atoms with Gasteiger partial charge >= 0.3 is 6.09 Å². The molecule has 8 heteroatoms. The van der Waals surface area contributed by atoms with E-state index in [4.69, 9.17) is 4.74 Å². The van der Waals surface area contributed by atoms with Crippen molar-refractivity contribution in [1.29, 1.82) is 0 Å². The van der Waals surface area contributed by atoms with Gasteiger partial charge in [0.05, 0.1) is 6.61 Å². The van der Waals surface area contributed by atoms with Gasteiger partial charge in [0.15, 0.2) is 0 Å². The standard InChI is InChI=1S/C30H37N3O5/c1-19-11-12-24(17-20(19)2)26(27(35)32-25-14-13-22-9-7-8-10-23(22)18-25)33(15-16-34)28(36)21(3)31-29(37)38-30(4,5)6/h7-14,17-18,21,26,34H,15-16H2,1-6H3,(H,31,37)(H,32,35). The Morgan fingerprint density at radius 3 is 2.26 bits per heavy atom. The quantitative estimate of drug-likeness (QED) is 0.394. The lowest BCUT2D eigenvalue weighted by atomic mass is 9.98. The Morgan fingerprint density at radius 2 is 1.63 bits per heavy atom. The summed E-state index contributed by atoms with van der Waals surface area (Å²) >= 11 is 0. The number of aliphatic hydroxyl groups is 1. The lowest BCUT2D eigenvalue weighted by Gasteiger charge is -2.33. The summed E-state index contributed by atoms with van der Waals surface area (Å²) in [6.45, 7) is 10.1. The van der Waals surface area contributed by atoms with Crippen LogP contribution < -0.4 is 10.6 Å². The molecular formula is C30H37N3O5. The highest BCUT2D eigenvalue weighted by molar-refractivity contribution is 6.00. The van der Waals surface area contributed by atoms with Crippen LogP contribution in [-0.2, 0) is 14.3 Å². The molecule has 0 aliphatic rings. The van der Waals surface area contributed by atoms with Gasteiger partial charge in [-0.15, -0.1) is 0 Å². The zero-order valence-corrected chi connectivity index (χ0v) is 22.9. The van der Waals surface area contributed by atoms with E-state index in [-0.39, 0.29) is 13.2 Å². The molecule has 0 heterocycles. The van der Waals surface area contributed by atoms with Crippen LogP contribution in [0.15, 0.2) is 60.7 Å². The predicted octanol–water partition coefficient (Wildman–Crippen LogP) is 4.87. The van der Waals surface area contributed by atoms with E-state index in [1.54, 1.807) is 26.8 Å². The number of hydrogen-bond donors (Lipinski definition) is 3. The van der Waals surface area contributed by atoms with Crippen LogP contribution in [0, 0.1) is 13.8 Å².